The van der Waals surface area contributed by atoms with Crippen LogP contribution in [-0.2, 0) is 0 Å². The molecular weight excluding hydrogens is 440 g/mol. The summed E-state index contributed by atoms with van der Waals surface area (Å²) in [6, 6.07) is 18.3. The molecule has 0 N–H and O–H groups in total. The molecule has 3 aromatic carbocycles. The van der Waals surface area contributed by atoms with E-state index in [2.05, 4.69) is 0 Å². The Morgan fingerprint density at radius 2 is 1.79 bits per heavy atom. The minimum absolute atomic E-state index is 0.111. The van der Waals surface area contributed by atoms with Crippen LogP contribution in [-0.4, -0.2) is 19.9 Å². The zero-order chi connectivity index (χ0) is 23.2. The predicted octanol–water partition coefficient (Wildman–Crippen LogP) is 5.16. The van der Waals surface area contributed by atoms with E-state index in [4.69, 9.17) is 27.8 Å². The van der Waals surface area contributed by atoms with Crippen LogP contribution in [0.15, 0.2) is 80.4 Å². The molecule has 0 saturated carbocycles. The number of methoxy groups -OCH3 is 1. The second-order valence-corrected chi connectivity index (χ2v) is 7.58. The van der Waals surface area contributed by atoms with Crippen molar-refractivity contribution < 1.29 is 32.6 Å². The first kappa shape index (κ1) is 19.9. The molecule has 6 rings (SSSR count). The highest BCUT2D eigenvalue weighted by molar-refractivity contribution is 5.97. The van der Waals surface area contributed by atoms with Gasteiger partial charge in [-0.2, -0.15) is 0 Å². The number of para-hydroxylation sites is 1. The zero-order valence-corrected chi connectivity index (χ0v) is 17.8. The fraction of sp³-hybridized carbons (Fsp3) is 0.0769. The van der Waals surface area contributed by atoms with E-state index in [1.165, 1.54) is 6.07 Å². The van der Waals surface area contributed by atoms with Gasteiger partial charge < -0.3 is 27.8 Å². The lowest BCUT2D eigenvalue weighted by molar-refractivity contribution is 0.0734. The smallest absolute Gasteiger partial charge is 0.343 e. The number of esters is 1. The Hall–Kier alpha value is -4.72. The summed E-state index contributed by atoms with van der Waals surface area (Å²) in [5.74, 6) is 1.80. The van der Waals surface area contributed by atoms with E-state index < -0.39 is 11.6 Å². The highest BCUT2D eigenvalue weighted by atomic mass is 16.7. The minimum Gasteiger partial charge on any atom is -0.493 e. The molecule has 0 bridgehead atoms. The predicted molar refractivity (Wildman–Crippen MR) is 122 cm³/mol. The molecule has 0 atom stereocenters. The lowest BCUT2D eigenvalue weighted by atomic mass is 10.1. The van der Waals surface area contributed by atoms with Crippen LogP contribution < -0.4 is 24.6 Å². The van der Waals surface area contributed by atoms with Crippen LogP contribution in [0.25, 0.3) is 33.3 Å². The molecule has 3 heterocycles. The zero-order valence-electron chi connectivity index (χ0n) is 17.8. The van der Waals surface area contributed by atoms with Crippen LogP contribution in [0, 0.1) is 0 Å². The van der Waals surface area contributed by atoms with Crippen LogP contribution >= 0.6 is 0 Å². The first-order chi connectivity index (χ1) is 16.6. The van der Waals surface area contributed by atoms with Crippen molar-refractivity contribution in [2.75, 3.05) is 13.9 Å². The van der Waals surface area contributed by atoms with E-state index in [0.717, 1.165) is 5.39 Å². The maximum absolute atomic E-state index is 12.7. The monoisotopic (exact) mass is 456 g/mol. The molecule has 1 aliphatic heterocycles. The Morgan fingerprint density at radius 1 is 0.912 bits per heavy atom. The second-order valence-electron chi connectivity index (χ2n) is 7.58. The molecular formula is C26H16O8. The van der Waals surface area contributed by atoms with E-state index in [-0.39, 0.29) is 12.5 Å². The molecule has 0 radical (unpaired) electrons. The SMILES string of the molecule is COc1cccc2cc(-c3cc(=O)oc4ccc(OC(=O)c5ccc6c(c5)OCO6)cc34)oc12. The van der Waals surface area contributed by atoms with Crippen LogP contribution in [0.1, 0.15) is 10.4 Å². The van der Waals surface area contributed by atoms with Crippen molar-refractivity contribution >= 4 is 27.9 Å². The van der Waals surface area contributed by atoms with Crippen LogP contribution in [0.5, 0.6) is 23.0 Å². The van der Waals surface area contributed by atoms with E-state index in [9.17, 15) is 9.59 Å². The van der Waals surface area contributed by atoms with E-state index in [0.29, 0.717) is 50.7 Å². The first-order valence-electron chi connectivity index (χ1n) is 10.4. The van der Waals surface area contributed by atoms with Gasteiger partial charge in [-0.1, -0.05) is 12.1 Å². The lowest BCUT2D eigenvalue weighted by Crippen LogP contribution is -2.08. The van der Waals surface area contributed by atoms with Gasteiger partial charge >= 0.3 is 11.6 Å². The fourth-order valence-corrected chi connectivity index (χ4v) is 3.93. The summed E-state index contributed by atoms with van der Waals surface area (Å²) in [5.41, 5.74) is 1.18. The van der Waals surface area contributed by atoms with Crippen LogP contribution in [0.4, 0.5) is 0 Å². The molecule has 168 valence electrons. The van der Waals surface area contributed by atoms with E-state index >= 15 is 0 Å². The van der Waals surface area contributed by atoms with Gasteiger partial charge in [0.2, 0.25) is 6.79 Å². The molecule has 34 heavy (non-hydrogen) atoms. The topological polar surface area (TPSA) is 97.3 Å². The van der Waals surface area contributed by atoms with E-state index in [1.807, 2.05) is 18.2 Å². The Labute approximate surface area is 191 Å². The Morgan fingerprint density at radius 3 is 2.68 bits per heavy atom. The molecule has 0 saturated heterocycles. The molecule has 1 aliphatic rings. The maximum atomic E-state index is 12.7. The number of hydrogen-bond donors (Lipinski definition) is 0. The Bertz CT molecular complexity index is 1640. The molecule has 0 amide bonds. The number of rotatable bonds is 4. The van der Waals surface area contributed by atoms with Crippen molar-refractivity contribution in [1.29, 1.82) is 0 Å². The molecule has 0 fully saturated rings. The second kappa shape index (κ2) is 7.70. The average molecular weight is 456 g/mol. The van der Waals surface area contributed by atoms with E-state index in [1.54, 1.807) is 49.6 Å². The molecule has 0 aliphatic carbocycles. The normalized spacial score (nSPS) is 12.3. The van der Waals surface area contributed by atoms with Crippen molar-refractivity contribution in [2.24, 2.45) is 0 Å². The summed E-state index contributed by atoms with van der Waals surface area (Å²) in [6.07, 6.45) is 0. The molecule has 8 nitrogen and oxygen atoms in total. The maximum Gasteiger partial charge on any atom is 0.343 e. The molecule has 8 heteroatoms. The van der Waals surface area contributed by atoms with Gasteiger partial charge in [0.1, 0.15) is 17.1 Å². The van der Waals surface area contributed by atoms with Gasteiger partial charge in [0.25, 0.3) is 0 Å². The summed E-state index contributed by atoms with van der Waals surface area (Å²) < 4.78 is 32.9. The fourth-order valence-electron chi connectivity index (χ4n) is 3.93. The van der Waals surface area contributed by atoms with Crippen LogP contribution in [0.3, 0.4) is 0 Å². The standard InChI is InChI=1S/C26H16O8/c1-29-21-4-2-3-14-9-22(34-25(14)21)18-12-24(27)33-19-8-6-16(11-17(18)19)32-26(28)15-5-7-20-23(10-15)31-13-30-20/h2-12H,13H2,1H3. The molecule has 5 aromatic rings. The lowest BCUT2D eigenvalue weighted by Gasteiger charge is -2.08. The summed E-state index contributed by atoms with van der Waals surface area (Å²) in [7, 11) is 1.56. The largest absolute Gasteiger partial charge is 0.493 e. The van der Waals surface area contributed by atoms with Gasteiger partial charge in [0, 0.05) is 22.4 Å². The summed E-state index contributed by atoms with van der Waals surface area (Å²) in [5, 5.41) is 1.37. The highest BCUT2D eigenvalue weighted by Crippen LogP contribution is 2.37. The first-order valence-corrected chi connectivity index (χ1v) is 10.4. The number of furan rings is 1. The molecule has 0 spiro atoms. The van der Waals surface area contributed by atoms with Gasteiger partial charge in [0.05, 0.1) is 12.7 Å². The summed E-state index contributed by atoms with van der Waals surface area (Å²) >= 11 is 0. The molecule has 2 aromatic heterocycles. The Balaban J connectivity index is 1.41. The van der Waals surface area contributed by atoms with Crippen LogP contribution in [0.2, 0.25) is 0 Å². The van der Waals surface area contributed by atoms with Gasteiger partial charge in [-0.15, -0.1) is 0 Å². The van der Waals surface area contributed by atoms with Crippen molar-refractivity contribution in [1.82, 2.24) is 0 Å². The Kier molecular flexibility index (Phi) is 4.51. The van der Waals surface area contributed by atoms with Crippen molar-refractivity contribution in [3.63, 3.8) is 0 Å². The number of hydrogen-bond acceptors (Lipinski definition) is 8. The van der Waals surface area contributed by atoms with Crippen molar-refractivity contribution in [3.05, 3.63) is 82.7 Å². The van der Waals surface area contributed by atoms with Gasteiger partial charge in [-0.25, -0.2) is 9.59 Å². The summed E-state index contributed by atoms with van der Waals surface area (Å²) in [6.45, 7) is 0.111. The van der Waals surface area contributed by atoms with Gasteiger partial charge in [-0.3, -0.25) is 0 Å². The molecule has 0 unspecified atom stereocenters. The minimum atomic E-state index is -0.565. The van der Waals surface area contributed by atoms with Gasteiger partial charge in [-0.05, 0) is 48.5 Å². The third-order valence-corrected chi connectivity index (χ3v) is 5.53. The van der Waals surface area contributed by atoms with Gasteiger partial charge in [0.15, 0.2) is 22.8 Å². The highest BCUT2D eigenvalue weighted by Gasteiger charge is 2.19. The summed E-state index contributed by atoms with van der Waals surface area (Å²) in [4.78, 5) is 24.9. The third kappa shape index (κ3) is 3.32. The number of fused-ring (bicyclic) bond motifs is 3. The van der Waals surface area contributed by atoms with Crippen molar-refractivity contribution in [2.45, 2.75) is 0 Å². The average Bonchev–Trinajstić information content (AvgIpc) is 3.50. The number of ether oxygens (including phenoxy) is 4. The number of carbonyl (C=O) groups is 1. The van der Waals surface area contributed by atoms with Crippen molar-refractivity contribution in [3.8, 4) is 34.3 Å². The number of benzene rings is 3. The number of carbonyl (C=O) groups excluding carboxylic acids is 1. The third-order valence-electron chi connectivity index (χ3n) is 5.53. The quantitative estimate of drug-likeness (QED) is 0.208.